The van der Waals surface area contributed by atoms with E-state index in [9.17, 15) is 15.0 Å². The van der Waals surface area contributed by atoms with Gasteiger partial charge in [-0.2, -0.15) is 0 Å². The number of esters is 1. The molecule has 1 aliphatic heterocycles. The molecule has 6 heteroatoms. The number of ether oxygens (including phenoxy) is 1. The average Bonchev–Trinajstić information content (AvgIpc) is 2.66. The molecule has 1 fully saturated rings. The third-order valence-corrected chi connectivity index (χ3v) is 6.17. The fraction of sp³-hybridized carbons (Fsp3) is 0.350. The number of aliphatic hydroxyl groups is 2. The maximum absolute atomic E-state index is 11.6. The lowest BCUT2D eigenvalue weighted by molar-refractivity contribution is -0.140. The molecule has 1 aliphatic rings. The molecule has 2 N–H and O–H groups in total. The van der Waals surface area contributed by atoms with Crippen LogP contribution in [0.5, 0.6) is 0 Å². The van der Waals surface area contributed by atoms with Gasteiger partial charge in [0.1, 0.15) is 0 Å². The summed E-state index contributed by atoms with van der Waals surface area (Å²) in [6, 6.07) is 17.1. The molecule has 0 spiro atoms. The molecule has 1 saturated heterocycles. The Hall–Kier alpha value is -1.86. The molecule has 0 aromatic heterocycles. The second kappa shape index (κ2) is 7.80. The monoisotopic (exact) mass is 373 g/mol. The summed E-state index contributed by atoms with van der Waals surface area (Å²) in [5.41, 5.74) is 1.21. The van der Waals surface area contributed by atoms with Gasteiger partial charge < -0.3 is 14.9 Å². The molecule has 0 amide bonds. The van der Waals surface area contributed by atoms with Gasteiger partial charge in [0.2, 0.25) is 0 Å². The number of carbonyl (C=O) groups excluding carboxylic acids is 1. The number of nitrogens with zero attached hydrogens (tertiary/aromatic N) is 1. The Balaban J connectivity index is 1.78. The van der Waals surface area contributed by atoms with Gasteiger partial charge in [0, 0.05) is 11.8 Å². The van der Waals surface area contributed by atoms with E-state index in [-0.39, 0.29) is 11.2 Å². The lowest BCUT2D eigenvalue weighted by Gasteiger charge is -2.46. The number of hydrogen-bond donors (Lipinski definition) is 2. The first-order chi connectivity index (χ1) is 12.4. The Morgan fingerprint density at radius 1 is 1.23 bits per heavy atom. The number of rotatable bonds is 4. The SMILES string of the molecule is COC(=O)c1ccc(CN2S[C@H](c3ccccc3)CC(O)C2(C)O)cc1. The molecule has 1 heterocycles. The molecule has 0 saturated carbocycles. The molecule has 0 bridgehead atoms. The second-order valence-electron chi connectivity index (χ2n) is 6.58. The minimum absolute atomic E-state index is 0.0702. The number of aliphatic hydroxyl groups excluding tert-OH is 1. The zero-order chi connectivity index (χ0) is 18.7. The predicted octanol–water partition coefficient (Wildman–Crippen LogP) is 3.14. The van der Waals surface area contributed by atoms with Gasteiger partial charge in [-0.1, -0.05) is 54.4 Å². The average molecular weight is 373 g/mol. The highest BCUT2D eigenvalue weighted by molar-refractivity contribution is 7.97. The molecule has 0 aliphatic carbocycles. The normalized spacial score (nSPS) is 26.5. The largest absolute Gasteiger partial charge is 0.465 e. The first-order valence-electron chi connectivity index (χ1n) is 8.49. The van der Waals surface area contributed by atoms with Gasteiger partial charge in [0.25, 0.3) is 0 Å². The van der Waals surface area contributed by atoms with E-state index in [4.69, 9.17) is 4.74 Å². The van der Waals surface area contributed by atoms with Gasteiger partial charge in [-0.25, -0.2) is 9.10 Å². The maximum Gasteiger partial charge on any atom is 0.337 e. The van der Waals surface area contributed by atoms with Crippen molar-refractivity contribution in [3.05, 3.63) is 71.3 Å². The van der Waals surface area contributed by atoms with Gasteiger partial charge in [0.15, 0.2) is 5.72 Å². The fourth-order valence-corrected chi connectivity index (χ4v) is 4.40. The van der Waals surface area contributed by atoms with Crippen LogP contribution in [0.2, 0.25) is 0 Å². The van der Waals surface area contributed by atoms with Crippen LogP contribution in [0.15, 0.2) is 54.6 Å². The van der Waals surface area contributed by atoms with E-state index in [2.05, 4.69) is 0 Å². The summed E-state index contributed by atoms with van der Waals surface area (Å²) in [4.78, 5) is 11.6. The first-order valence-corrected chi connectivity index (χ1v) is 9.32. The summed E-state index contributed by atoms with van der Waals surface area (Å²) in [5.74, 6) is -0.379. The van der Waals surface area contributed by atoms with Crippen LogP contribution >= 0.6 is 11.9 Å². The molecule has 26 heavy (non-hydrogen) atoms. The van der Waals surface area contributed by atoms with E-state index < -0.39 is 11.8 Å². The first kappa shape index (κ1) is 18.9. The molecule has 5 nitrogen and oxygen atoms in total. The molecule has 0 radical (unpaired) electrons. The van der Waals surface area contributed by atoms with Gasteiger partial charge in [-0.15, -0.1) is 0 Å². The van der Waals surface area contributed by atoms with Crippen molar-refractivity contribution in [1.82, 2.24) is 4.31 Å². The van der Waals surface area contributed by atoms with Crippen molar-refractivity contribution in [2.75, 3.05) is 7.11 Å². The summed E-state index contributed by atoms with van der Waals surface area (Å²) in [5, 5.41) is 21.4. The van der Waals surface area contributed by atoms with Gasteiger partial charge >= 0.3 is 5.97 Å². The molecule has 3 rings (SSSR count). The van der Waals surface area contributed by atoms with E-state index in [1.54, 1.807) is 19.1 Å². The van der Waals surface area contributed by atoms with Crippen LogP contribution in [0, 0.1) is 0 Å². The minimum atomic E-state index is -1.34. The molecule has 138 valence electrons. The summed E-state index contributed by atoms with van der Waals surface area (Å²) in [7, 11) is 1.35. The van der Waals surface area contributed by atoms with Gasteiger partial charge in [0.05, 0.1) is 18.8 Å². The van der Waals surface area contributed by atoms with E-state index in [0.717, 1.165) is 11.1 Å². The van der Waals surface area contributed by atoms with Crippen molar-refractivity contribution in [2.24, 2.45) is 0 Å². The summed E-state index contributed by atoms with van der Waals surface area (Å²) < 4.78 is 6.52. The number of hydrogen-bond acceptors (Lipinski definition) is 6. The zero-order valence-electron chi connectivity index (χ0n) is 14.8. The third-order valence-electron chi connectivity index (χ3n) is 4.70. The Morgan fingerprint density at radius 2 is 1.88 bits per heavy atom. The van der Waals surface area contributed by atoms with Crippen molar-refractivity contribution in [2.45, 2.75) is 37.0 Å². The maximum atomic E-state index is 11.6. The van der Waals surface area contributed by atoms with Crippen LogP contribution < -0.4 is 0 Å². The standard InChI is InChI=1S/C20H23NO4S/c1-20(24)18(22)12-17(15-6-4-3-5-7-15)26-21(20)13-14-8-10-16(11-9-14)19(23)25-2/h3-11,17-18,22,24H,12-13H2,1-2H3/t17-,18?,20?/m0/s1. The minimum Gasteiger partial charge on any atom is -0.465 e. The van der Waals surface area contributed by atoms with Gasteiger partial charge in [-0.05, 0) is 36.6 Å². The molecule has 2 aromatic rings. The lowest BCUT2D eigenvalue weighted by atomic mass is 9.98. The van der Waals surface area contributed by atoms with Crippen molar-refractivity contribution in [3.8, 4) is 0 Å². The third kappa shape index (κ3) is 3.94. The van der Waals surface area contributed by atoms with Crippen LogP contribution in [0.25, 0.3) is 0 Å². The van der Waals surface area contributed by atoms with Crippen LogP contribution in [-0.2, 0) is 11.3 Å². The predicted molar refractivity (Wildman–Crippen MR) is 101 cm³/mol. The summed E-state index contributed by atoms with van der Waals surface area (Å²) >= 11 is 1.54. The molecular weight excluding hydrogens is 350 g/mol. The van der Waals surface area contributed by atoms with E-state index >= 15 is 0 Å². The second-order valence-corrected chi connectivity index (χ2v) is 7.80. The fourth-order valence-electron chi connectivity index (χ4n) is 2.99. The highest BCUT2D eigenvalue weighted by atomic mass is 32.2. The topological polar surface area (TPSA) is 70.0 Å². The Labute approximate surface area is 157 Å². The van der Waals surface area contributed by atoms with Crippen LogP contribution in [-0.4, -0.2) is 39.4 Å². The van der Waals surface area contributed by atoms with Crippen LogP contribution in [0.1, 0.15) is 40.1 Å². The number of benzene rings is 2. The van der Waals surface area contributed by atoms with Crippen molar-refractivity contribution in [1.29, 1.82) is 0 Å². The van der Waals surface area contributed by atoms with E-state index in [1.165, 1.54) is 19.1 Å². The quantitative estimate of drug-likeness (QED) is 0.634. The van der Waals surface area contributed by atoms with Crippen LogP contribution in [0.3, 0.4) is 0 Å². The number of methoxy groups -OCH3 is 1. The van der Waals surface area contributed by atoms with E-state index in [1.807, 2.05) is 46.8 Å². The zero-order valence-corrected chi connectivity index (χ0v) is 15.6. The summed E-state index contributed by atoms with van der Waals surface area (Å²) in [6.45, 7) is 2.08. The van der Waals surface area contributed by atoms with Gasteiger partial charge in [-0.3, -0.25) is 0 Å². The smallest absolute Gasteiger partial charge is 0.337 e. The number of carbonyl (C=O) groups is 1. The Morgan fingerprint density at radius 3 is 2.50 bits per heavy atom. The van der Waals surface area contributed by atoms with Crippen molar-refractivity contribution in [3.63, 3.8) is 0 Å². The molecule has 2 aromatic carbocycles. The van der Waals surface area contributed by atoms with E-state index in [0.29, 0.717) is 18.5 Å². The highest BCUT2D eigenvalue weighted by Gasteiger charge is 2.44. The highest BCUT2D eigenvalue weighted by Crippen LogP contribution is 2.46. The molecular formula is C20H23NO4S. The summed E-state index contributed by atoms with van der Waals surface area (Å²) in [6.07, 6.45) is -0.372. The Kier molecular flexibility index (Phi) is 5.67. The lowest BCUT2D eigenvalue weighted by Crippen LogP contribution is -2.54. The van der Waals surface area contributed by atoms with Crippen LogP contribution in [0.4, 0.5) is 0 Å². The molecule has 2 unspecified atom stereocenters. The van der Waals surface area contributed by atoms with Crippen molar-refractivity contribution < 1.29 is 19.7 Å². The molecule has 3 atom stereocenters. The Bertz CT molecular complexity index is 748. The van der Waals surface area contributed by atoms with Crippen molar-refractivity contribution >= 4 is 17.9 Å².